The molecule has 0 rings (SSSR count). The van der Waals surface area contributed by atoms with E-state index in [0.717, 1.165) is 6.42 Å². The quantitative estimate of drug-likeness (QED) is 0.628. The van der Waals surface area contributed by atoms with Crippen LogP contribution in [-0.4, -0.2) is 32.1 Å². The second-order valence-corrected chi connectivity index (χ2v) is 3.94. The van der Waals surface area contributed by atoms with Gasteiger partial charge in [0.1, 0.15) is 0 Å². The van der Waals surface area contributed by atoms with E-state index in [-0.39, 0.29) is 0 Å². The first-order chi connectivity index (χ1) is 9.24. The van der Waals surface area contributed by atoms with Crippen molar-refractivity contribution in [1.82, 2.24) is 4.90 Å². The Morgan fingerprint density at radius 2 is 1.63 bits per heavy atom. The van der Waals surface area contributed by atoms with Gasteiger partial charge >= 0.3 is 0 Å². The first-order valence-electron chi connectivity index (χ1n) is 7.44. The zero-order chi connectivity index (χ0) is 15.5. The molecule has 0 spiro atoms. The van der Waals surface area contributed by atoms with Gasteiger partial charge in [-0.05, 0) is 52.0 Å². The van der Waals surface area contributed by atoms with Crippen LogP contribution >= 0.6 is 0 Å². The molecular formula is C17H36N2. The van der Waals surface area contributed by atoms with Gasteiger partial charge in [0.25, 0.3) is 0 Å². The second kappa shape index (κ2) is 22.3. The molecule has 2 N–H and O–H groups in total. The maximum Gasteiger partial charge on any atom is -0.00186 e. The van der Waals surface area contributed by atoms with Crippen LogP contribution in [0.4, 0.5) is 0 Å². The van der Waals surface area contributed by atoms with Crippen molar-refractivity contribution in [2.24, 2.45) is 5.73 Å². The van der Waals surface area contributed by atoms with Gasteiger partial charge in [0.05, 0.1) is 0 Å². The van der Waals surface area contributed by atoms with Gasteiger partial charge in [0.15, 0.2) is 0 Å². The number of hydrogen-bond acceptors (Lipinski definition) is 2. The molecule has 0 radical (unpaired) electrons. The monoisotopic (exact) mass is 268 g/mol. The third-order valence-corrected chi connectivity index (χ3v) is 2.49. The highest BCUT2D eigenvalue weighted by Gasteiger charge is 1.97. The van der Waals surface area contributed by atoms with Crippen LogP contribution in [0, 0.1) is 0 Å². The Morgan fingerprint density at radius 1 is 1.11 bits per heavy atom. The van der Waals surface area contributed by atoms with Crippen molar-refractivity contribution >= 4 is 0 Å². The van der Waals surface area contributed by atoms with E-state index in [9.17, 15) is 0 Å². The standard InChI is InChI=1S/C14H25N.C2H6.CH5N/c1-5-8-12-15(4)13-9-11-14(7-3)10-6-2;2*1-2/h6-7,10H,2-3,5,8-9,11-13H2,1,4H3;1-2H3;2H2,1H3/b14-10+;;. The van der Waals surface area contributed by atoms with E-state index in [4.69, 9.17) is 0 Å². The van der Waals surface area contributed by atoms with Crippen LogP contribution in [-0.2, 0) is 0 Å². The van der Waals surface area contributed by atoms with Crippen molar-refractivity contribution in [3.05, 3.63) is 37.0 Å². The summed E-state index contributed by atoms with van der Waals surface area (Å²) in [6.45, 7) is 16.1. The molecule has 114 valence electrons. The molecule has 0 amide bonds. The Hall–Kier alpha value is -0.860. The fourth-order valence-corrected chi connectivity index (χ4v) is 1.50. The van der Waals surface area contributed by atoms with Gasteiger partial charge in [-0.3, -0.25) is 0 Å². The Balaban J connectivity index is -0.000000579. The minimum atomic E-state index is 1.10. The number of nitrogens with zero attached hydrogens (tertiary/aromatic N) is 1. The van der Waals surface area contributed by atoms with Crippen LogP contribution in [0.5, 0.6) is 0 Å². The second-order valence-electron chi connectivity index (χ2n) is 3.94. The van der Waals surface area contributed by atoms with Gasteiger partial charge in [-0.1, -0.05) is 58.6 Å². The lowest BCUT2D eigenvalue weighted by Crippen LogP contribution is -2.20. The number of rotatable bonds is 9. The van der Waals surface area contributed by atoms with E-state index in [1.165, 1.54) is 45.0 Å². The molecular weight excluding hydrogens is 232 g/mol. The molecule has 2 heteroatoms. The average molecular weight is 268 g/mol. The third-order valence-electron chi connectivity index (χ3n) is 2.49. The maximum atomic E-state index is 4.50. The summed E-state index contributed by atoms with van der Waals surface area (Å²) >= 11 is 0. The predicted molar refractivity (Wildman–Crippen MR) is 91.6 cm³/mol. The first-order valence-corrected chi connectivity index (χ1v) is 7.44. The molecule has 0 bridgehead atoms. The predicted octanol–water partition coefficient (Wildman–Crippen LogP) is 4.40. The van der Waals surface area contributed by atoms with Crippen LogP contribution in [0.3, 0.4) is 0 Å². The van der Waals surface area contributed by atoms with Crippen LogP contribution < -0.4 is 5.73 Å². The summed E-state index contributed by atoms with van der Waals surface area (Å²) in [4.78, 5) is 2.40. The zero-order valence-electron chi connectivity index (χ0n) is 13.9. The molecule has 0 unspecified atom stereocenters. The highest BCUT2D eigenvalue weighted by atomic mass is 15.1. The minimum Gasteiger partial charge on any atom is -0.333 e. The molecule has 0 saturated heterocycles. The van der Waals surface area contributed by atoms with E-state index in [0.29, 0.717) is 0 Å². The van der Waals surface area contributed by atoms with E-state index >= 15 is 0 Å². The Labute approximate surface area is 122 Å². The summed E-state index contributed by atoms with van der Waals surface area (Å²) in [7, 11) is 3.69. The molecule has 0 aliphatic heterocycles. The molecule has 0 aromatic rings. The highest BCUT2D eigenvalue weighted by molar-refractivity contribution is 5.20. The minimum absolute atomic E-state index is 1.10. The van der Waals surface area contributed by atoms with Crippen LogP contribution in [0.15, 0.2) is 37.0 Å². The Bertz CT molecular complexity index is 207. The summed E-state index contributed by atoms with van der Waals surface area (Å²) in [6.07, 6.45) is 10.7. The van der Waals surface area contributed by atoms with Gasteiger partial charge in [-0.15, -0.1) is 0 Å². The summed E-state index contributed by atoms with van der Waals surface area (Å²) < 4.78 is 0. The van der Waals surface area contributed by atoms with E-state index in [2.05, 4.69) is 37.8 Å². The number of unbranched alkanes of at least 4 members (excludes halogenated alkanes) is 1. The summed E-state index contributed by atoms with van der Waals surface area (Å²) in [5.41, 5.74) is 5.79. The van der Waals surface area contributed by atoms with Crippen molar-refractivity contribution < 1.29 is 0 Å². The Kier molecular flexibility index (Phi) is 27.3. The average Bonchev–Trinajstić information content (AvgIpc) is 2.48. The summed E-state index contributed by atoms with van der Waals surface area (Å²) in [5, 5.41) is 0. The SMILES string of the molecule is C=C/C=C(\C=C)CCCN(C)CCCC.CC.CN. The molecule has 0 aliphatic rings. The lowest BCUT2D eigenvalue weighted by atomic mass is 10.1. The highest BCUT2D eigenvalue weighted by Crippen LogP contribution is 2.07. The van der Waals surface area contributed by atoms with Gasteiger partial charge in [-0.25, -0.2) is 0 Å². The molecule has 0 fully saturated rings. The lowest BCUT2D eigenvalue weighted by molar-refractivity contribution is 0.324. The molecule has 0 heterocycles. The van der Waals surface area contributed by atoms with E-state index < -0.39 is 0 Å². The lowest BCUT2D eigenvalue weighted by Gasteiger charge is -2.15. The van der Waals surface area contributed by atoms with Crippen molar-refractivity contribution in [3.63, 3.8) is 0 Å². The van der Waals surface area contributed by atoms with Crippen molar-refractivity contribution in [1.29, 1.82) is 0 Å². The zero-order valence-corrected chi connectivity index (χ0v) is 13.9. The number of allylic oxidation sites excluding steroid dienone is 4. The van der Waals surface area contributed by atoms with Crippen LogP contribution in [0.1, 0.15) is 46.5 Å². The molecule has 19 heavy (non-hydrogen) atoms. The number of nitrogens with two attached hydrogens (primary N) is 1. The Morgan fingerprint density at radius 3 is 2.05 bits per heavy atom. The van der Waals surface area contributed by atoms with Crippen molar-refractivity contribution in [2.45, 2.75) is 46.5 Å². The fourth-order valence-electron chi connectivity index (χ4n) is 1.50. The van der Waals surface area contributed by atoms with Crippen molar-refractivity contribution in [3.8, 4) is 0 Å². The van der Waals surface area contributed by atoms with Crippen molar-refractivity contribution in [2.75, 3.05) is 27.2 Å². The smallest absolute Gasteiger partial charge is 0.00186 e. The molecule has 0 aliphatic carbocycles. The normalized spacial score (nSPS) is 9.95. The van der Waals surface area contributed by atoms with Crippen LogP contribution in [0.25, 0.3) is 0 Å². The van der Waals surface area contributed by atoms with Gasteiger partial charge < -0.3 is 10.6 Å². The third kappa shape index (κ3) is 19.7. The maximum absolute atomic E-state index is 4.50. The molecule has 2 nitrogen and oxygen atoms in total. The van der Waals surface area contributed by atoms with Gasteiger partial charge in [-0.2, -0.15) is 0 Å². The molecule has 0 saturated carbocycles. The van der Waals surface area contributed by atoms with Gasteiger partial charge in [0.2, 0.25) is 0 Å². The van der Waals surface area contributed by atoms with Crippen LogP contribution in [0.2, 0.25) is 0 Å². The summed E-state index contributed by atoms with van der Waals surface area (Å²) in [6, 6.07) is 0. The van der Waals surface area contributed by atoms with E-state index in [1.54, 1.807) is 0 Å². The van der Waals surface area contributed by atoms with Gasteiger partial charge in [0, 0.05) is 0 Å². The fraction of sp³-hybridized carbons (Fsp3) is 0.647. The largest absolute Gasteiger partial charge is 0.333 e. The summed E-state index contributed by atoms with van der Waals surface area (Å²) in [5.74, 6) is 0. The van der Waals surface area contributed by atoms with E-state index in [1.807, 2.05) is 32.1 Å². The molecule has 0 aromatic heterocycles. The molecule has 0 atom stereocenters. The first kappa shape index (κ1) is 23.2. The number of hydrogen-bond donors (Lipinski definition) is 1. The topological polar surface area (TPSA) is 29.3 Å². The molecule has 0 aromatic carbocycles.